The molecule has 1 rings (SSSR count). The van der Waals surface area contributed by atoms with Gasteiger partial charge in [0.25, 0.3) is 10.2 Å². The summed E-state index contributed by atoms with van der Waals surface area (Å²) in [5.74, 6) is 0. The van der Waals surface area contributed by atoms with Crippen molar-refractivity contribution in [1.29, 1.82) is 0 Å². The molecule has 1 aromatic carbocycles. The summed E-state index contributed by atoms with van der Waals surface area (Å²) in [7, 11) is -3.76. The molecule has 14 heavy (non-hydrogen) atoms. The van der Waals surface area contributed by atoms with Gasteiger partial charge >= 0.3 is 0 Å². The molecule has 0 unspecified atom stereocenters. The average Bonchev–Trinajstić information content (AvgIpc) is 1.97. The third kappa shape index (κ3) is 2.86. The first-order valence-corrected chi connectivity index (χ1v) is 5.99. The van der Waals surface area contributed by atoms with Gasteiger partial charge < -0.3 is 5.73 Å². The predicted octanol–water partition coefficient (Wildman–Crippen LogP) is 0.955. The first-order chi connectivity index (χ1) is 6.29. The van der Waals surface area contributed by atoms with E-state index in [1.807, 2.05) is 6.92 Å². The number of aryl methyl sites for hydroxylation is 1. The highest BCUT2D eigenvalue weighted by Crippen LogP contribution is 2.27. The Bertz CT molecular complexity index is 458. The zero-order chi connectivity index (χ0) is 10.9. The molecule has 0 saturated heterocycles. The minimum atomic E-state index is -3.76. The molecule has 0 amide bonds. The van der Waals surface area contributed by atoms with Crippen LogP contribution < -0.4 is 15.6 Å². The molecule has 0 atom stereocenters. The van der Waals surface area contributed by atoms with Gasteiger partial charge in [0.2, 0.25) is 0 Å². The third-order valence-electron chi connectivity index (χ3n) is 1.61. The summed E-state index contributed by atoms with van der Waals surface area (Å²) >= 11 is 3.20. The van der Waals surface area contributed by atoms with Crippen LogP contribution in [0.2, 0.25) is 0 Å². The molecule has 0 radical (unpaired) electrons. The zero-order valence-electron chi connectivity index (χ0n) is 7.41. The standard InChI is InChI=1S/C7H10BrN3O2S/c1-4-2-5(8)7(3-6(4)9)11-14(10,12)13/h2-3,11H,9H2,1H3,(H2,10,12,13). The van der Waals surface area contributed by atoms with Gasteiger partial charge in [-0.15, -0.1) is 0 Å². The fourth-order valence-electron chi connectivity index (χ4n) is 0.921. The highest BCUT2D eigenvalue weighted by atomic mass is 79.9. The monoisotopic (exact) mass is 279 g/mol. The lowest BCUT2D eigenvalue weighted by Crippen LogP contribution is -2.22. The van der Waals surface area contributed by atoms with E-state index in [-0.39, 0.29) is 0 Å². The fourth-order valence-corrected chi connectivity index (χ4v) is 2.08. The molecule has 0 aliphatic rings. The third-order valence-corrected chi connectivity index (χ3v) is 2.77. The van der Waals surface area contributed by atoms with Crippen LogP contribution in [0.3, 0.4) is 0 Å². The number of anilines is 2. The summed E-state index contributed by atoms with van der Waals surface area (Å²) in [6.07, 6.45) is 0. The Morgan fingerprint density at radius 1 is 1.43 bits per heavy atom. The minimum Gasteiger partial charge on any atom is -0.398 e. The van der Waals surface area contributed by atoms with Gasteiger partial charge in [-0.3, -0.25) is 4.72 Å². The van der Waals surface area contributed by atoms with Crippen molar-refractivity contribution in [3.05, 3.63) is 22.2 Å². The maximum Gasteiger partial charge on any atom is 0.296 e. The van der Waals surface area contributed by atoms with Gasteiger partial charge in [-0.1, -0.05) is 0 Å². The summed E-state index contributed by atoms with van der Waals surface area (Å²) in [5, 5.41) is 4.82. The van der Waals surface area contributed by atoms with E-state index in [9.17, 15) is 8.42 Å². The van der Waals surface area contributed by atoms with Gasteiger partial charge in [0.15, 0.2) is 0 Å². The van der Waals surface area contributed by atoms with Crippen LogP contribution in [0.1, 0.15) is 5.56 Å². The van der Waals surface area contributed by atoms with Gasteiger partial charge in [-0.05, 0) is 40.5 Å². The lowest BCUT2D eigenvalue weighted by Gasteiger charge is -2.08. The van der Waals surface area contributed by atoms with Crippen molar-refractivity contribution < 1.29 is 8.42 Å². The Hall–Kier alpha value is -0.790. The predicted molar refractivity (Wildman–Crippen MR) is 60.0 cm³/mol. The second kappa shape index (κ2) is 3.76. The summed E-state index contributed by atoms with van der Waals surface area (Å²) in [6.45, 7) is 1.82. The van der Waals surface area contributed by atoms with Gasteiger partial charge in [-0.25, -0.2) is 5.14 Å². The van der Waals surface area contributed by atoms with E-state index in [0.29, 0.717) is 15.8 Å². The molecule has 0 aliphatic carbocycles. The van der Waals surface area contributed by atoms with Crippen LogP contribution in [0.15, 0.2) is 16.6 Å². The van der Waals surface area contributed by atoms with Crippen LogP contribution in [0.5, 0.6) is 0 Å². The summed E-state index contributed by atoms with van der Waals surface area (Å²) in [6, 6.07) is 3.21. The molecule has 1 aromatic rings. The van der Waals surface area contributed by atoms with Gasteiger partial charge in [-0.2, -0.15) is 8.42 Å². The van der Waals surface area contributed by atoms with E-state index in [0.717, 1.165) is 5.56 Å². The van der Waals surface area contributed by atoms with Crippen LogP contribution in [-0.2, 0) is 10.2 Å². The number of rotatable bonds is 2. The molecule has 0 fully saturated rings. The SMILES string of the molecule is Cc1cc(Br)c(NS(N)(=O)=O)cc1N. The van der Waals surface area contributed by atoms with Crippen LogP contribution in [0.25, 0.3) is 0 Å². The quantitative estimate of drug-likeness (QED) is 0.703. The Balaban J connectivity index is 3.17. The molecule has 5 nitrogen and oxygen atoms in total. The van der Waals surface area contributed by atoms with Crippen molar-refractivity contribution in [2.45, 2.75) is 6.92 Å². The summed E-state index contributed by atoms with van der Waals surface area (Å²) in [4.78, 5) is 0. The van der Waals surface area contributed by atoms with E-state index in [2.05, 4.69) is 20.7 Å². The number of nitrogens with one attached hydrogen (secondary N) is 1. The van der Waals surface area contributed by atoms with Gasteiger partial charge in [0, 0.05) is 10.2 Å². The van der Waals surface area contributed by atoms with E-state index in [1.165, 1.54) is 6.07 Å². The zero-order valence-corrected chi connectivity index (χ0v) is 9.81. The van der Waals surface area contributed by atoms with E-state index < -0.39 is 10.2 Å². The molecule has 0 spiro atoms. The molecular weight excluding hydrogens is 270 g/mol. The minimum absolute atomic E-state index is 0.329. The van der Waals surface area contributed by atoms with Crippen molar-refractivity contribution >= 4 is 37.5 Å². The fraction of sp³-hybridized carbons (Fsp3) is 0.143. The lowest BCUT2D eigenvalue weighted by molar-refractivity contribution is 0.603. The Labute approximate surface area is 90.8 Å². The largest absolute Gasteiger partial charge is 0.398 e. The molecule has 78 valence electrons. The highest BCUT2D eigenvalue weighted by Gasteiger charge is 2.08. The average molecular weight is 280 g/mol. The number of halogens is 1. The molecule has 0 aliphatic heterocycles. The topological polar surface area (TPSA) is 98.2 Å². The molecule has 7 heteroatoms. The van der Waals surface area contributed by atoms with Crippen LogP contribution >= 0.6 is 15.9 Å². The van der Waals surface area contributed by atoms with Gasteiger partial charge in [0.1, 0.15) is 0 Å². The Morgan fingerprint density at radius 3 is 2.50 bits per heavy atom. The number of nitrogen functional groups attached to an aromatic ring is 1. The molecule has 0 saturated carbocycles. The smallest absolute Gasteiger partial charge is 0.296 e. The molecule has 0 bridgehead atoms. The maximum atomic E-state index is 10.8. The van der Waals surface area contributed by atoms with E-state index >= 15 is 0 Å². The molecular formula is C7H10BrN3O2S. The van der Waals surface area contributed by atoms with E-state index in [4.69, 9.17) is 10.9 Å². The molecule has 0 aromatic heterocycles. The van der Waals surface area contributed by atoms with Crippen LogP contribution in [0, 0.1) is 6.92 Å². The van der Waals surface area contributed by atoms with Crippen molar-refractivity contribution in [3.63, 3.8) is 0 Å². The molecule has 5 N–H and O–H groups in total. The van der Waals surface area contributed by atoms with Crippen LogP contribution in [-0.4, -0.2) is 8.42 Å². The Morgan fingerprint density at radius 2 is 2.00 bits per heavy atom. The maximum absolute atomic E-state index is 10.8. The van der Waals surface area contributed by atoms with Gasteiger partial charge in [0.05, 0.1) is 5.69 Å². The first kappa shape index (κ1) is 11.3. The number of hydrogen-bond donors (Lipinski definition) is 3. The lowest BCUT2D eigenvalue weighted by atomic mass is 10.2. The van der Waals surface area contributed by atoms with E-state index in [1.54, 1.807) is 6.07 Å². The van der Waals surface area contributed by atoms with Crippen molar-refractivity contribution in [1.82, 2.24) is 0 Å². The normalized spacial score (nSPS) is 11.4. The highest BCUT2D eigenvalue weighted by molar-refractivity contribution is 9.10. The second-order valence-corrected chi connectivity index (χ2v) is 4.98. The number of hydrogen-bond acceptors (Lipinski definition) is 3. The summed E-state index contributed by atoms with van der Waals surface area (Å²) in [5.41, 5.74) is 7.30. The van der Waals surface area contributed by atoms with Crippen molar-refractivity contribution in [3.8, 4) is 0 Å². The molecule has 0 heterocycles. The summed E-state index contributed by atoms with van der Waals surface area (Å²) < 4.78 is 24.2. The van der Waals surface area contributed by atoms with Crippen molar-refractivity contribution in [2.75, 3.05) is 10.5 Å². The Kier molecular flexibility index (Phi) is 3.03. The number of nitrogens with two attached hydrogens (primary N) is 2. The number of benzene rings is 1. The second-order valence-electron chi connectivity index (χ2n) is 2.84. The van der Waals surface area contributed by atoms with Crippen LogP contribution in [0.4, 0.5) is 11.4 Å². The van der Waals surface area contributed by atoms with Crippen molar-refractivity contribution in [2.24, 2.45) is 5.14 Å². The first-order valence-electron chi connectivity index (χ1n) is 3.66.